The van der Waals surface area contributed by atoms with E-state index in [0.29, 0.717) is 44.3 Å². The van der Waals surface area contributed by atoms with Gasteiger partial charge in [0.05, 0.1) is 21.5 Å². The number of hydrogen-bond donors (Lipinski definition) is 2. The summed E-state index contributed by atoms with van der Waals surface area (Å²) in [6.45, 7) is 8.14. The molecular weight excluding hydrogens is 803 g/mol. The van der Waals surface area contributed by atoms with Gasteiger partial charge >= 0.3 is 0 Å². The Morgan fingerprint density at radius 3 is 1.47 bits per heavy atom. The van der Waals surface area contributed by atoms with Crippen molar-refractivity contribution in [2.45, 2.75) is 53.4 Å². The molecule has 6 nitrogen and oxygen atoms in total. The molecule has 0 unspecified atom stereocenters. The standard InChI is InChI=1S/2C16H14BrClN2OS.ClH/c2*1-3-13-8(2)22-16(19-13)20-15(21)12-6-9-4-5-10(17)7-11(9)14(12)18;/h2*4-5,7H,3,6H2,1-2H3,(H,19,20,21);1H. The first-order chi connectivity index (χ1) is 21.0. The van der Waals surface area contributed by atoms with Gasteiger partial charge < -0.3 is 0 Å². The van der Waals surface area contributed by atoms with Crippen molar-refractivity contribution in [3.63, 3.8) is 0 Å². The van der Waals surface area contributed by atoms with Crippen LogP contribution in [0.3, 0.4) is 0 Å². The highest BCUT2D eigenvalue weighted by molar-refractivity contribution is 9.10. The zero-order chi connectivity index (χ0) is 31.7. The quantitative estimate of drug-likeness (QED) is 0.203. The lowest BCUT2D eigenvalue weighted by molar-refractivity contribution is -0.113. The summed E-state index contributed by atoms with van der Waals surface area (Å²) in [6.07, 6.45) is 2.83. The predicted molar refractivity (Wildman–Crippen MR) is 198 cm³/mol. The van der Waals surface area contributed by atoms with E-state index in [1.165, 1.54) is 22.7 Å². The second kappa shape index (κ2) is 15.2. The van der Waals surface area contributed by atoms with E-state index in [9.17, 15) is 9.59 Å². The van der Waals surface area contributed by atoms with Gasteiger partial charge in [0.2, 0.25) is 0 Å². The van der Waals surface area contributed by atoms with Crippen molar-refractivity contribution in [2.75, 3.05) is 10.6 Å². The van der Waals surface area contributed by atoms with Crippen LogP contribution in [0.1, 0.15) is 57.2 Å². The molecule has 2 aliphatic carbocycles. The van der Waals surface area contributed by atoms with Crippen LogP contribution in [0.2, 0.25) is 0 Å². The smallest absolute Gasteiger partial charge is 0.255 e. The van der Waals surface area contributed by atoms with Crippen LogP contribution in [-0.4, -0.2) is 21.8 Å². The number of halogens is 5. The molecule has 0 spiro atoms. The van der Waals surface area contributed by atoms with Gasteiger partial charge in [-0.25, -0.2) is 9.97 Å². The van der Waals surface area contributed by atoms with Crippen LogP contribution in [-0.2, 0) is 35.3 Å². The maximum absolute atomic E-state index is 12.5. The van der Waals surface area contributed by atoms with Crippen LogP contribution in [0.25, 0.3) is 10.1 Å². The Morgan fingerprint density at radius 1 is 0.756 bits per heavy atom. The van der Waals surface area contributed by atoms with Gasteiger partial charge in [-0.2, -0.15) is 0 Å². The van der Waals surface area contributed by atoms with Crippen molar-refractivity contribution in [1.82, 2.24) is 9.97 Å². The average molecular weight is 832 g/mol. The maximum atomic E-state index is 12.5. The molecule has 236 valence electrons. The van der Waals surface area contributed by atoms with Crippen molar-refractivity contribution < 1.29 is 9.59 Å². The highest BCUT2D eigenvalue weighted by Crippen LogP contribution is 2.39. The Kier molecular flexibility index (Phi) is 12.1. The molecule has 0 bridgehead atoms. The van der Waals surface area contributed by atoms with Crippen LogP contribution in [0.4, 0.5) is 10.3 Å². The monoisotopic (exact) mass is 828 g/mol. The number of thiazole rings is 2. The lowest BCUT2D eigenvalue weighted by Gasteiger charge is -2.02. The van der Waals surface area contributed by atoms with Gasteiger partial charge in [-0.3, -0.25) is 20.2 Å². The molecule has 0 fully saturated rings. The van der Waals surface area contributed by atoms with E-state index < -0.39 is 0 Å². The third-order valence-corrected chi connectivity index (χ3v) is 11.0. The number of aromatic nitrogens is 2. The van der Waals surface area contributed by atoms with Gasteiger partial charge in [0, 0.05) is 42.7 Å². The van der Waals surface area contributed by atoms with Crippen LogP contribution < -0.4 is 10.6 Å². The third kappa shape index (κ3) is 7.92. The van der Waals surface area contributed by atoms with Gasteiger partial charge in [0.1, 0.15) is 0 Å². The minimum absolute atomic E-state index is 0. The van der Waals surface area contributed by atoms with Crippen molar-refractivity contribution in [1.29, 1.82) is 0 Å². The number of nitrogens with one attached hydrogen (secondary N) is 2. The fourth-order valence-corrected chi connectivity index (χ4v) is 8.17. The molecular formula is C32H29Br2Cl3N4O2S2. The molecule has 2 aromatic carbocycles. The second-order valence-corrected chi connectivity index (χ2v) is 15.2. The predicted octanol–water partition coefficient (Wildman–Crippen LogP) is 10.3. The van der Waals surface area contributed by atoms with Gasteiger partial charge in [-0.05, 0) is 73.2 Å². The van der Waals surface area contributed by atoms with Gasteiger partial charge in [-0.15, -0.1) is 35.1 Å². The SMILES string of the molecule is CCc1nc(NC(=O)C2=C(Cl)c3cc(Br)ccc3C2)sc1C.CCc1nc(NC(=O)C2=C(Cl)c3cc(Br)ccc3C2)sc1C.Cl. The third-order valence-electron chi connectivity index (χ3n) is 7.33. The Morgan fingerprint density at radius 2 is 1.13 bits per heavy atom. The van der Waals surface area contributed by atoms with Gasteiger partial charge in [0.15, 0.2) is 10.3 Å². The highest BCUT2D eigenvalue weighted by atomic mass is 79.9. The first-order valence-electron chi connectivity index (χ1n) is 13.9. The normalized spacial score (nSPS) is 13.2. The zero-order valence-electron chi connectivity index (χ0n) is 24.7. The summed E-state index contributed by atoms with van der Waals surface area (Å²) in [4.78, 5) is 36.1. The summed E-state index contributed by atoms with van der Waals surface area (Å²) in [5.74, 6) is -0.345. The summed E-state index contributed by atoms with van der Waals surface area (Å²) in [6, 6.07) is 11.8. The van der Waals surface area contributed by atoms with Crippen molar-refractivity contribution in [3.8, 4) is 0 Å². The highest BCUT2D eigenvalue weighted by Gasteiger charge is 2.27. The molecule has 6 rings (SSSR count). The summed E-state index contributed by atoms with van der Waals surface area (Å²) in [5, 5.41) is 8.06. The van der Waals surface area contributed by atoms with Crippen molar-refractivity contribution >= 4 is 122 Å². The number of rotatable bonds is 6. The number of anilines is 2. The molecule has 0 saturated heterocycles. The Balaban J connectivity index is 0.000000200. The first kappa shape index (κ1) is 35.8. The zero-order valence-corrected chi connectivity index (χ0v) is 31.9. The van der Waals surface area contributed by atoms with E-state index >= 15 is 0 Å². The van der Waals surface area contributed by atoms with E-state index in [4.69, 9.17) is 23.2 Å². The molecule has 2 aliphatic rings. The molecule has 2 heterocycles. The number of aryl methyl sites for hydroxylation is 4. The van der Waals surface area contributed by atoms with E-state index in [-0.39, 0.29) is 24.2 Å². The molecule has 0 aliphatic heterocycles. The number of hydrogen-bond acceptors (Lipinski definition) is 6. The number of carbonyl (C=O) groups excluding carboxylic acids is 2. The fraction of sp³-hybridized carbons (Fsp3) is 0.250. The van der Waals surface area contributed by atoms with Crippen LogP contribution in [0.5, 0.6) is 0 Å². The van der Waals surface area contributed by atoms with E-state index in [1.54, 1.807) is 0 Å². The molecule has 0 saturated carbocycles. The molecule has 2 N–H and O–H groups in total. The topological polar surface area (TPSA) is 84.0 Å². The average Bonchev–Trinajstić information content (AvgIpc) is 3.72. The lowest BCUT2D eigenvalue weighted by Crippen LogP contribution is -2.14. The molecule has 2 aromatic heterocycles. The largest absolute Gasteiger partial charge is 0.298 e. The van der Waals surface area contributed by atoms with E-state index in [2.05, 4.69) is 66.3 Å². The Labute approximate surface area is 303 Å². The maximum Gasteiger partial charge on any atom is 0.255 e. The Hall–Kier alpha value is -2.05. The second-order valence-electron chi connectivity index (χ2n) is 10.2. The number of nitrogens with zero attached hydrogens (tertiary/aromatic N) is 2. The van der Waals surface area contributed by atoms with Gasteiger partial charge in [-0.1, -0.05) is 81.0 Å². The minimum Gasteiger partial charge on any atom is -0.298 e. The lowest BCUT2D eigenvalue weighted by atomic mass is 10.1. The summed E-state index contributed by atoms with van der Waals surface area (Å²) < 4.78 is 1.91. The van der Waals surface area contributed by atoms with Crippen LogP contribution in [0.15, 0.2) is 56.5 Å². The van der Waals surface area contributed by atoms with Crippen LogP contribution in [0, 0.1) is 13.8 Å². The summed E-state index contributed by atoms with van der Waals surface area (Å²) in [5.41, 5.74) is 7.24. The molecule has 0 atom stereocenters. The summed E-state index contributed by atoms with van der Waals surface area (Å²) in [7, 11) is 0. The molecule has 13 heteroatoms. The van der Waals surface area contributed by atoms with E-state index in [1.807, 2.05) is 50.2 Å². The molecule has 45 heavy (non-hydrogen) atoms. The number of fused-ring (bicyclic) bond motifs is 2. The summed E-state index contributed by atoms with van der Waals surface area (Å²) >= 11 is 22.6. The minimum atomic E-state index is -0.172. The van der Waals surface area contributed by atoms with Crippen LogP contribution >= 0.6 is 90.1 Å². The number of amides is 2. The molecule has 2 amide bonds. The molecule has 0 radical (unpaired) electrons. The fourth-order valence-electron chi connectivity index (χ4n) is 5.00. The first-order valence-corrected chi connectivity index (χ1v) is 17.9. The van der Waals surface area contributed by atoms with Crippen molar-refractivity contribution in [3.05, 3.63) is 99.9 Å². The number of benzene rings is 2. The van der Waals surface area contributed by atoms with Crippen molar-refractivity contribution in [2.24, 2.45) is 0 Å². The number of carbonyl (C=O) groups is 2. The molecule has 4 aromatic rings. The Bertz CT molecular complexity index is 1730. The van der Waals surface area contributed by atoms with Gasteiger partial charge in [0.25, 0.3) is 11.8 Å². The van der Waals surface area contributed by atoms with E-state index in [0.717, 1.165) is 65.2 Å².